The number of aromatic nitrogens is 1. The van der Waals surface area contributed by atoms with Gasteiger partial charge in [-0.2, -0.15) is 0 Å². The third-order valence-electron chi connectivity index (χ3n) is 3.74. The van der Waals surface area contributed by atoms with Crippen molar-refractivity contribution in [2.24, 2.45) is 5.73 Å². The Hall–Kier alpha value is -2.80. The smallest absolute Gasteiger partial charge is 0.405 e. The molecule has 2 aromatic carbocycles. The van der Waals surface area contributed by atoms with E-state index in [9.17, 15) is 13.2 Å². The van der Waals surface area contributed by atoms with Gasteiger partial charge in [-0.3, -0.25) is 0 Å². The lowest BCUT2D eigenvalue weighted by molar-refractivity contribution is 0.116. The van der Waals surface area contributed by atoms with Crippen molar-refractivity contribution in [3.8, 4) is 0 Å². The molecule has 0 saturated heterocycles. The quantitative estimate of drug-likeness (QED) is 0.787. The fourth-order valence-corrected chi connectivity index (χ4v) is 3.90. The van der Waals surface area contributed by atoms with E-state index >= 15 is 0 Å². The number of nitrogens with zero attached hydrogens (tertiary/aromatic N) is 1. The molecule has 0 bridgehead atoms. The molecule has 1 aromatic heterocycles. The second-order valence-electron chi connectivity index (χ2n) is 5.33. The fourth-order valence-electron chi connectivity index (χ4n) is 2.53. The summed E-state index contributed by atoms with van der Waals surface area (Å²) in [5.74, 6) is 0. The maximum atomic E-state index is 12.8. The van der Waals surface area contributed by atoms with E-state index in [1.54, 1.807) is 61.5 Å². The Labute approximate surface area is 139 Å². The molecule has 24 heavy (non-hydrogen) atoms. The topological polar surface area (TPSA) is 91.4 Å². The van der Waals surface area contributed by atoms with Gasteiger partial charge in [-0.25, -0.2) is 17.2 Å². The number of benzene rings is 2. The molecule has 1 heterocycles. The predicted octanol–water partition coefficient (Wildman–Crippen LogP) is 3.03. The Morgan fingerprint density at radius 1 is 1.12 bits per heavy atom. The van der Waals surface area contributed by atoms with Crippen molar-refractivity contribution >= 4 is 27.0 Å². The molecule has 0 fully saturated rings. The number of hydrogen-bond donors (Lipinski definition) is 1. The SMILES string of the molecule is CC(OC(N)=O)c1ccc2ccn(S(=O)(=O)c3ccccc3)c2c1. The summed E-state index contributed by atoms with van der Waals surface area (Å²) in [6.07, 6.45) is 0.0562. The number of rotatable bonds is 4. The summed E-state index contributed by atoms with van der Waals surface area (Å²) in [5, 5.41) is 0.768. The van der Waals surface area contributed by atoms with Gasteiger partial charge in [0.2, 0.25) is 0 Å². The molecule has 0 aliphatic rings. The highest BCUT2D eigenvalue weighted by molar-refractivity contribution is 7.90. The maximum absolute atomic E-state index is 12.8. The van der Waals surface area contributed by atoms with E-state index in [0.29, 0.717) is 11.1 Å². The normalized spacial score (nSPS) is 12.9. The first-order valence-corrected chi connectivity index (χ1v) is 8.71. The van der Waals surface area contributed by atoms with Crippen molar-refractivity contribution < 1.29 is 17.9 Å². The lowest BCUT2D eigenvalue weighted by Gasteiger charge is -2.13. The van der Waals surface area contributed by atoms with Gasteiger partial charge >= 0.3 is 6.09 Å². The lowest BCUT2D eigenvalue weighted by atomic mass is 10.1. The standard InChI is InChI=1S/C17H16N2O4S/c1-12(23-17(18)20)14-8-7-13-9-10-19(16(13)11-14)24(21,22)15-5-3-2-4-6-15/h2-12H,1H3,(H2,18,20). The second-order valence-corrected chi connectivity index (χ2v) is 7.14. The van der Waals surface area contributed by atoms with Crippen molar-refractivity contribution in [1.29, 1.82) is 0 Å². The van der Waals surface area contributed by atoms with Gasteiger partial charge in [0.15, 0.2) is 0 Å². The first kappa shape index (κ1) is 16.1. The maximum Gasteiger partial charge on any atom is 0.405 e. The molecule has 6 nitrogen and oxygen atoms in total. The van der Waals surface area contributed by atoms with Crippen LogP contribution in [-0.4, -0.2) is 18.5 Å². The summed E-state index contributed by atoms with van der Waals surface area (Å²) in [6, 6.07) is 15.2. The number of fused-ring (bicyclic) bond motifs is 1. The Balaban J connectivity index is 2.11. The van der Waals surface area contributed by atoms with Crippen LogP contribution >= 0.6 is 0 Å². The van der Waals surface area contributed by atoms with Crippen LogP contribution in [0.1, 0.15) is 18.6 Å². The summed E-state index contributed by atoms with van der Waals surface area (Å²) in [5.41, 5.74) is 6.20. The second kappa shape index (κ2) is 6.01. The van der Waals surface area contributed by atoms with E-state index < -0.39 is 22.2 Å². The van der Waals surface area contributed by atoms with E-state index in [4.69, 9.17) is 10.5 Å². The van der Waals surface area contributed by atoms with E-state index in [0.717, 1.165) is 5.39 Å². The van der Waals surface area contributed by atoms with Crippen LogP contribution in [0.15, 0.2) is 65.7 Å². The molecule has 3 rings (SSSR count). The Morgan fingerprint density at radius 2 is 1.83 bits per heavy atom. The summed E-state index contributed by atoms with van der Waals surface area (Å²) < 4.78 is 31.8. The molecule has 0 saturated carbocycles. The number of primary amides is 1. The number of carbonyl (C=O) groups excluding carboxylic acids is 1. The molecule has 7 heteroatoms. The zero-order valence-corrected chi connectivity index (χ0v) is 13.7. The summed E-state index contributed by atoms with van der Waals surface area (Å²) in [7, 11) is -3.70. The molecule has 1 unspecified atom stereocenters. The average Bonchev–Trinajstić information content (AvgIpc) is 2.98. The van der Waals surface area contributed by atoms with E-state index in [1.165, 1.54) is 10.2 Å². The number of carbonyl (C=O) groups is 1. The van der Waals surface area contributed by atoms with Crippen LogP contribution in [0.4, 0.5) is 4.79 Å². The van der Waals surface area contributed by atoms with Crippen LogP contribution in [0.3, 0.4) is 0 Å². The Kier molecular flexibility index (Phi) is 4.02. The van der Waals surface area contributed by atoms with Gasteiger partial charge in [0.25, 0.3) is 10.0 Å². The lowest BCUT2D eigenvalue weighted by Crippen LogP contribution is -2.16. The van der Waals surface area contributed by atoms with Gasteiger partial charge in [0.05, 0.1) is 10.4 Å². The van der Waals surface area contributed by atoms with Gasteiger partial charge < -0.3 is 10.5 Å². The number of ether oxygens (including phenoxy) is 1. The third-order valence-corrected chi connectivity index (χ3v) is 5.45. The zero-order valence-electron chi connectivity index (χ0n) is 12.9. The van der Waals surface area contributed by atoms with Crippen molar-refractivity contribution in [1.82, 2.24) is 3.97 Å². The molecule has 0 aliphatic carbocycles. The monoisotopic (exact) mass is 344 g/mol. The van der Waals surface area contributed by atoms with Gasteiger partial charge in [-0.1, -0.05) is 30.3 Å². The molecule has 2 N–H and O–H groups in total. The fraction of sp³-hybridized carbons (Fsp3) is 0.118. The number of nitrogens with two attached hydrogens (primary N) is 1. The van der Waals surface area contributed by atoms with Crippen molar-refractivity contribution in [2.75, 3.05) is 0 Å². The summed E-state index contributed by atoms with van der Waals surface area (Å²) in [6.45, 7) is 1.67. The van der Waals surface area contributed by atoms with E-state index in [2.05, 4.69) is 0 Å². The van der Waals surface area contributed by atoms with Crippen LogP contribution in [0.2, 0.25) is 0 Å². The van der Waals surface area contributed by atoms with Crippen LogP contribution in [0, 0.1) is 0 Å². The van der Waals surface area contributed by atoms with Crippen molar-refractivity contribution in [2.45, 2.75) is 17.9 Å². The van der Waals surface area contributed by atoms with Crippen molar-refractivity contribution in [3.63, 3.8) is 0 Å². The van der Waals surface area contributed by atoms with Crippen LogP contribution < -0.4 is 5.73 Å². The summed E-state index contributed by atoms with van der Waals surface area (Å²) in [4.78, 5) is 11.1. The molecular formula is C17H16N2O4S. The first-order valence-electron chi connectivity index (χ1n) is 7.27. The first-order chi connectivity index (χ1) is 11.4. The van der Waals surface area contributed by atoms with Gasteiger partial charge in [-0.05, 0) is 36.8 Å². The third kappa shape index (κ3) is 2.85. The van der Waals surface area contributed by atoms with E-state index in [-0.39, 0.29) is 4.90 Å². The molecule has 0 spiro atoms. The van der Waals surface area contributed by atoms with Crippen LogP contribution in [-0.2, 0) is 14.8 Å². The van der Waals surface area contributed by atoms with E-state index in [1.807, 2.05) is 0 Å². The predicted molar refractivity (Wildman–Crippen MR) is 90.0 cm³/mol. The van der Waals surface area contributed by atoms with Crippen molar-refractivity contribution in [3.05, 3.63) is 66.4 Å². The van der Waals surface area contributed by atoms with Gasteiger partial charge in [-0.15, -0.1) is 0 Å². The molecule has 1 amide bonds. The highest BCUT2D eigenvalue weighted by Gasteiger charge is 2.19. The minimum Gasteiger partial charge on any atom is -0.442 e. The molecule has 0 radical (unpaired) electrons. The summed E-state index contributed by atoms with van der Waals surface area (Å²) >= 11 is 0. The molecule has 3 aromatic rings. The van der Waals surface area contributed by atoms with Crippen LogP contribution in [0.25, 0.3) is 10.9 Å². The average molecular weight is 344 g/mol. The number of hydrogen-bond acceptors (Lipinski definition) is 4. The highest BCUT2D eigenvalue weighted by Crippen LogP contribution is 2.26. The molecular weight excluding hydrogens is 328 g/mol. The minimum atomic E-state index is -3.70. The minimum absolute atomic E-state index is 0.203. The Morgan fingerprint density at radius 3 is 2.50 bits per heavy atom. The van der Waals surface area contributed by atoms with Gasteiger partial charge in [0, 0.05) is 11.6 Å². The largest absolute Gasteiger partial charge is 0.442 e. The molecule has 1 atom stereocenters. The molecule has 124 valence electrons. The number of amides is 1. The molecule has 0 aliphatic heterocycles. The van der Waals surface area contributed by atoms with Gasteiger partial charge in [0.1, 0.15) is 6.10 Å². The highest BCUT2D eigenvalue weighted by atomic mass is 32.2. The zero-order chi connectivity index (χ0) is 17.3. The van der Waals surface area contributed by atoms with Crippen LogP contribution in [0.5, 0.6) is 0 Å². The Bertz CT molecular complexity index is 994.